The van der Waals surface area contributed by atoms with Crippen LogP contribution < -0.4 is 4.90 Å². The molecule has 1 heterocycles. The maximum Gasteiger partial charge on any atom is 0.354 e. The lowest BCUT2D eigenvalue weighted by molar-refractivity contribution is 0.0690. The summed E-state index contributed by atoms with van der Waals surface area (Å²) >= 11 is 0. The molecule has 1 rings (SSSR count). The van der Waals surface area contributed by atoms with Gasteiger partial charge in [-0.1, -0.05) is 6.07 Å². The smallest absolute Gasteiger partial charge is 0.354 e. The van der Waals surface area contributed by atoms with Crippen LogP contribution in [0.3, 0.4) is 0 Å². The van der Waals surface area contributed by atoms with E-state index in [4.69, 9.17) is 15.3 Å². The molecule has 0 saturated carbocycles. The fourth-order valence-corrected chi connectivity index (χ4v) is 1.30. The van der Waals surface area contributed by atoms with E-state index in [0.29, 0.717) is 18.9 Å². The molecule has 1 aromatic heterocycles. The summed E-state index contributed by atoms with van der Waals surface area (Å²) < 4.78 is 0. The van der Waals surface area contributed by atoms with E-state index in [2.05, 4.69) is 4.98 Å². The Kier molecular flexibility index (Phi) is 4.68. The Bertz CT molecular complexity index is 350. The predicted octanol–water partition coefficient (Wildman–Crippen LogP) is -0.429. The van der Waals surface area contributed by atoms with Crippen LogP contribution in [0.5, 0.6) is 0 Å². The quantitative estimate of drug-likeness (QED) is 0.609. The number of hydrogen-bond acceptors (Lipinski definition) is 5. The molecule has 6 heteroatoms. The summed E-state index contributed by atoms with van der Waals surface area (Å²) in [6, 6.07) is 4.60. The molecule has 0 amide bonds. The lowest BCUT2D eigenvalue weighted by atomic mass is 10.3. The highest BCUT2D eigenvalue weighted by molar-refractivity contribution is 5.85. The molecular formula is C10H14N2O4. The molecule has 0 spiro atoms. The Morgan fingerprint density at radius 1 is 1.25 bits per heavy atom. The molecule has 0 unspecified atom stereocenters. The van der Waals surface area contributed by atoms with Gasteiger partial charge in [0.1, 0.15) is 5.82 Å². The van der Waals surface area contributed by atoms with Crippen molar-refractivity contribution in [2.45, 2.75) is 0 Å². The minimum atomic E-state index is -1.10. The fraction of sp³-hybridized carbons (Fsp3) is 0.400. The third kappa shape index (κ3) is 3.18. The zero-order valence-electron chi connectivity index (χ0n) is 8.70. The van der Waals surface area contributed by atoms with Crippen LogP contribution in [-0.4, -0.2) is 52.6 Å². The molecule has 16 heavy (non-hydrogen) atoms. The Hall–Kier alpha value is -1.66. The Balaban J connectivity index is 2.90. The summed E-state index contributed by atoms with van der Waals surface area (Å²) in [6.07, 6.45) is 0. The first-order valence-corrected chi connectivity index (χ1v) is 4.86. The van der Waals surface area contributed by atoms with Gasteiger partial charge in [0.2, 0.25) is 0 Å². The molecule has 0 radical (unpaired) electrons. The Morgan fingerprint density at radius 3 is 2.38 bits per heavy atom. The van der Waals surface area contributed by atoms with Gasteiger partial charge in [-0.15, -0.1) is 0 Å². The van der Waals surface area contributed by atoms with E-state index >= 15 is 0 Å². The van der Waals surface area contributed by atoms with Crippen molar-refractivity contribution in [1.82, 2.24) is 4.98 Å². The number of pyridine rings is 1. The van der Waals surface area contributed by atoms with E-state index in [1.165, 1.54) is 6.07 Å². The summed E-state index contributed by atoms with van der Waals surface area (Å²) in [5, 5.41) is 26.4. The first-order valence-electron chi connectivity index (χ1n) is 4.86. The summed E-state index contributed by atoms with van der Waals surface area (Å²) in [5.74, 6) is -0.669. The minimum Gasteiger partial charge on any atom is -0.477 e. The van der Waals surface area contributed by atoms with Crippen molar-refractivity contribution >= 4 is 11.8 Å². The number of aromatic nitrogens is 1. The molecule has 6 nitrogen and oxygen atoms in total. The standard InChI is InChI=1S/C10H14N2O4/c13-6-4-12(5-7-14)9-3-1-2-8(11-9)10(15)16/h1-3,13-14H,4-7H2,(H,15,16). The molecular weight excluding hydrogens is 212 g/mol. The molecule has 1 aromatic rings. The Morgan fingerprint density at radius 2 is 1.88 bits per heavy atom. The number of carbonyl (C=O) groups is 1. The summed E-state index contributed by atoms with van der Waals surface area (Å²) in [7, 11) is 0. The second-order valence-electron chi connectivity index (χ2n) is 3.12. The molecule has 0 saturated heterocycles. The van der Waals surface area contributed by atoms with Gasteiger partial charge >= 0.3 is 5.97 Å². The van der Waals surface area contributed by atoms with Gasteiger partial charge in [0, 0.05) is 13.1 Å². The number of hydrogen-bond donors (Lipinski definition) is 3. The lowest BCUT2D eigenvalue weighted by Gasteiger charge is -2.21. The molecule has 0 aliphatic heterocycles. The van der Waals surface area contributed by atoms with E-state index in [1.54, 1.807) is 17.0 Å². The van der Waals surface area contributed by atoms with Crippen molar-refractivity contribution in [1.29, 1.82) is 0 Å². The van der Waals surface area contributed by atoms with E-state index in [9.17, 15) is 4.79 Å². The zero-order chi connectivity index (χ0) is 12.0. The van der Waals surface area contributed by atoms with Crippen molar-refractivity contribution in [2.24, 2.45) is 0 Å². The topological polar surface area (TPSA) is 93.9 Å². The molecule has 0 aliphatic carbocycles. The SMILES string of the molecule is O=C(O)c1cccc(N(CCO)CCO)n1. The van der Waals surface area contributed by atoms with Crippen LogP contribution in [0.15, 0.2) is 18.2 Å². The molecule has 0 aromatic carbocycles. The maximum absolute atomic E-state index is 10.7. The van der Waals surface area contributed by atoms with Crippen LogP contribution in [0.1, 0.15) is 10.5 Å². The molecule has 0 aliphatic rings. The first kappa shape index (κ1) is 12.4. The average Bonchev–Trinajstić information content (AvgIpc) is 2.29. The van der Waals surface area contributed by atoms with Crippen LogP contribution in [0.4, 0.5) is 5.82 Å². The second-order valence-corrected chi connectivity index (χ2v) is 3.12. The van der Waals surface area contributed by atoms with Gasteiger partial charge in [0.05, 0.1) is 13.2 Å². The maximum atomic E-state index is 10.7. The average molecular weight is 226 g/mol. The van der Waals surface area contributed by atoms with Gasteiger partial charge in [-0.05, 0) is 12.1 Å². The second kappa shape index (κ2) is 6.04. The number of carboxylic acid groups (broad SMARTS) is 1. The van der Waals surface area contributed by atoms with E-state index in [-0.39, 0.29) is 18.9 Å². The van der Waals surface area contributed by atoms with E-state index < -0.39 is 5.97 Å². The third-order valence-electron chi connectivity index (χ3n) is 2.02. The number of anilines is 1. The summed E-state index contributed by atoms with van der Waals surface area (Å²) in [6.45, 7) is 0.436. The normalized spacial score (nSPS) is 10.1. The van der Waals surface area contributed by atoms with Crippen LogP contribution in [0, 0.1) is 0 Å². The number of aromatic carboxylic acids is 1. The van der Waals surface area contributed by atoms with Crippen LogP contribution in [0.25, 0.3) is 0 Å². The van der Waals surface area contributed by atoms with Crippen molar-refractivity contribution in [3.8, 4) is 0 Å². The molecule has 0 bridgehead atoms. The predicted molar refractivity (Wildman–Crippen MR) is 57.6 cm³/mol. The van der Waals surface area contributed by atoms with Crippen molar-refractivity contribution in [3.05, 3.63) is 23.9 Å². The largest absolute Gasteiger partial charge is 0.477 e. The van der Waals surface area contributed by atoms with Gasteiger partial charge in [-0.3, -0.25) is 0 Å². The van der Waals surface area contributed by atoms with Gasteiger partial charge < -0.3 is 20.2 Å². The van der Waals surface area contributed by atoms with Gasteiger partial charge in [0.15, 0.2) is 5.69 Å². The van der Waals surface area contributed by atoms with Crippen LogP contribution in [0.2, 0.25) is 0 Å². The highest BCUT2D eigenvalue weighted by Gasteiger charge is 2.10. The van der Waals surface area contributed by atoms with Crippen molar-refractivity contribution in [2.75, 3.05) is 31.2 Å². The highest BCUT2D eigenvalue weighted by Crippen LogP contribution is 2.10. The van der Waals surface area contributed by atoms with Gasteiger partial charge in [0.25, 0.3) is 0 Å². The number of aliphatic hydroxyl groups excluding tert-OH is 2. The summed E-state index contributed by atoms with van der Waals surface area (Å²) in [5.41, 5.74) is -0.0571. The number of carboxylic acids is 1. The van der Waals surface area contributed by atoms with E-state index in [1.807, 2.05) is 0 Å². The highest BCUT2D eigenvalue weighted by atomic mass is 16.4. The van der Waals surface area contributed by atoms with Crippen LogP contribution >= 0.6 is 0 Å². The van der Waals surface area contributed by atoms with Gasteiger partial charge in [-0.25, -0.2) is 9.78 Å². The number of rotatable bonds is 6. The number of nitrogens with zero attached hydrogens (tertiary/aromatic N) is 2. The molecule has 0 fully saturated rings. The van der Waals surface area contributed by atoms with E-state index in [0.717, 1.165) is 0 Å². The fourth-order valence-electron chi connectivity index (χ4n) is 1.30. The first-order chi connectivity index (χ1) is 7.69. The van der Waals surface area contributed by atoms with Crippen molar-refractivity contribution < 1.29 is 20.1 Å². The summed E-state index contributed by atoms with van der Waals surface area (Å²) in [4.78, 5) is 16.2. The molecule has 0 atom stereocenters. The number of aliphatic hydroxyl groups is 2. The Labute approximate surface area is 92.8 Å². The third-order valence-corrected chi connectivity index (χ3v) is 2.02. The molecule has 3 N–H and O–H groups in total. The zero-order valence-corrected chi connectivity index (χ0v) is 8.70. The minimum absolute atomic E-state index is 0.0571. The lowest BCUT2D eigenvalue weighted by Crippen LogP contribution is -2.30. The molecule has 88 valence electrons. The van der Waals surface area contributed by atoms with Crippen LogP contribution in [-0.2, 0) is 0 Å². The van der Waals surface area contributed by atoms with Crippen molar-refractivity contribution in [3.63, 3.8) is 0 Å². The van der Waals surface area contributed by atoms with Gasteiger partial charge in [-0.2, -0.15) is 0 Å². The monoisotopic (exact) mass is 226 g/mol.